The first-order valence-corrected chi connectivity index (χ1v) is 12.0. The number of aryl methyl sites for hydroxylation is 1. The Morgan fingerprint density at radius 1 is 1.00 bits per heavy atom. The fraction of sp³-hybridized carbons (Fsp3) is 0.481. The second kappa shape index (κ2) is 8.11. The normalized spacial score (nSPS) is 25.1. The summed E-state index contributed by atoms with van der Waals surface area (Å²) < 4.78 is 61.9. The highest BCUT2D eigenvalue weighted by atomic mass is 19.3. The summed E-state index contributed by atoms with van der Waals surface area (Å²) in [6.07, 6.45) is 4.08. The predicted octanol–water partition coefficient (Wildman–Crippen LogP) is 4.90. The monoisotopic (exact) mass is 503 g/mol. The molecule has 192 valence electrons. The molecule has 0 unspecified atom stereocenters. The Morgan fingerprint density at radius 3 is 2.22 bits per heavy atom. The lowest BCUT2D eigenvalue weighted by molar-refractivity contribution is -0.347. The molecule has 1 aromatic heterocycles. The summed E-state index contributed by atoms with van der Waals surface area (Å²) in [4.78, 5) is 3.74. The Balaban J connectivity index is 1.39. The van der Waals surface area contributed by atoms with Crippen LogP contribution in [0.2, 0.25) is 0 Å². The topological polar surface area (TPSA) is 71.2 Å². The Hall–Kier alpha value is -2.78. The van der Waals surface area contributed by atoms with Crippen molar-refractivity contribution in [3.05, 3.63) is 83.4 Å². The number of hydrogen-bond acceptors (Lipinski definition) is 4. The number of rotatable bonds is 9. The third kappa shape index (κ3) is 3.84. The van der Waals surface area contributed by atoms with Gasteiger partial charge in [0.1, 0.15) is 24.3 Å². The standard InChI is InChI=1S/C27H29F4N3O2/c1-23(2,35)10-9-18-3-5-19(6-4-18)24-12-25(13-24,14-24)27(30,31)26(36,15-34-17-32-16-33-34)21-8-7-20(28)11-22(21)29/h3-8,11,16-17,35-36H,9-10,12-15H2,1-2H3/t24?,25?,26-/m0/s1. The molecular weight excluding hydrogens is 474 g/mol. The zero-order chi connectivity index (χ0) is 26.0. The van der Waals surface area contributed by atoms with E-state index in [1.54, 1.807) is 13.8 Å². The van der Waals surface area contributed by atoms with Crippen molar-refractivity contribution in [2.75, 3.05) is 0 Å². The molecule has 2 bridgehead atoms. The van der Waals surface area contributed by atoms with Gasteiger partial charge < -0.3 is 10.2 Å². The van der Waals surface area contributed by atoms with Crippen LogP contribution in [0.1, 0.15) is 56.2 Å². The second-order valence-electron chi connectivity index (χ2n) is 11.3. The average Bonchev–Trinajstić information content (AvgIpc) is 3.23. The molecule has 6 rings (SSSR count). The van der Waals surface area contributed by atoms with Gasteiger partial charge in [-0.25, -0.2) is 27.2 Å². The highest BCUT2D eigenvalue weighted by Crippen LogP contribution is 2.80. The van der Waals surface area contributed by atoms with Crippen LogP contribution in [0.15, 0.2) is 55.1 Å². The number of benzene rings is 2. The van der Waals surface area contributed by atoms with Crippen molar-refractivity contribution in [2.45, 2.75) is 75.0 Å². The first-order valence-electron chi connectivity index (χ1n) is 12.0. The smallest absolute Gasteiger partial charge is 0.287 e. The molecule has 1 heterocycles. The molecule has 0 saturated heterocycles. The van der Waals surface area contributed by atoms with E-state index in [1.807, 2.05) is 24.3 Å². The lowest BCUT2D eigenvalue weighted by Crippen LogP contribution is -2.76. The van der Waals surface area contributed by atoms with Crippen molar-refractivity contribution in [3.63, 3.8) is 0 Å². The van der Waals surface area contributed by atoms with Crippen molar-refractivity contribution < 1.29 is 27.8 Å². The summed E-state index contributed by atoms with van der Waals surface area (Å²) in [6, 6.07) is 10.1. The predicted molar refractivity (Wildman–Crippen MR) is 124 cm³/mol. The molecule has 3 aromatic rings. The maximum Gasteiger partial charge on any atom is 0.287 e. The van der Waals surface area contributed by atoms with Gasteiger partial charge in [0, 0.05) is 17.0 Å². The summed E-state index contributed by atoms with van der Waals surface area (Å²) in [5.41, 5.74) is -4.29. The van der Waals surface area contributed by atoms with Crippen LogP contribution < -0.4 is 0 Å². The van der Waals surface area contributed by atoms with Crippen LogP contribution in [0.5, 0.6) is 0 Å². The van der Waals surface area contributed by atoms with Gasteiger partial charge in [-0.2, -0.15) is 5.10 Å². The number of aromatic nitrogens is 3. The van der Waals surface area contributed by atoms with Gasteiger partial charge in [0.05, 0.1) is 12.1 Å². The van der Waals surface area contributed by atoms with Crippen LogP contribution in [0.4, 0.5) is 17.6 Å². The minimum absolute atomic E-state index is 0.151. The zero-order valence-corrected chi connectivity index (χ0v) is 20.2. The van der Waals surface area contributed by atoms with Crippen molar-refractivity contribution in [1.82, 2.24) is 14.8 Å². The maximum absolute atomic E-state index is 16.3. The van der Waals surface area contributed by atoms with Crippen LogP contribution >= 0.6 is 0 Å². The third-order valence-electron chi connectivity index (χ3n) is 8.04. The van der Waals surface area contributed by atoms with Crippen LogP contribution in [0.3, 0.4) is 0 Å². The molecule has 3 aliphatic carbocycles. The molecule has 3 fully saturated rings. The number of aliphatic hydroxyl groups is 2. The van der Waals surface area contributed by atoms with Gasteiger partial charge in [0.25, 0.3) is 5.92 Å². The van der Waals surface area contributed by atoms with E-state index in [0.29, 0.717) is 18.9 Å². The van der Waals surface area contributed by atoms with E-state index >= 15 is 8.78 Å². The largest absolute Gasteiger partial charge is 0.390 e. The molecule has 5 nitrogen and oxygen atoms in total. The molecule has 36 heavy (non-hydrogen) atoms. The third-order valence-corrected chi connectivity index (χ3v) is 8.04. The Bertz CT molecular complexity index is 1240. The quantitative estimate of drug-likeness (QED) is 0.408. The summed E-state index contributed by atoms with van der Waals surface area (Å²) in [7, 11) is 0. The highest BCUT2D eigenvalue weighted by molar-refractivity contribution is 5.43. The fourth-order valence-electron chi connectivity index (χ4n) is 6.07. The first-order chi connectivity index (χ1) is 16.8. The molecule has 2 N–H and O–H groups in total. The van der Waals surface area contributed by atoms with E-state index < -0.39 is 51.7 Å². The number of nitrogens with zero attached hydrogens (tertiary/aromatic N) is 3. The summed E-state index contributed by atoms with van der Waals surface area (Å²) in [6.45, 7) is 2.78. The van der Waals surface area contributed by atoms with E-state index in [1.165, 1.54) is 6.33 Å². The van der Waals surface area contributed by atoms with Gasteiger partial charge in [-0.15, -0.1) is 0 Å². The number of hydrogen-bond donors (Lipinski definition) is 2. The Labute approximate surface area is 206 Å². The van der Waals surface area contributed by atoms with E-state index in [4.69, 9.17) is 0 Å². The van der Waals surface area contributed by atoms with Gasteiger partial charge in [-0.05, 0) is 74.6 Å². The maximum atomic E-state index is 16.3. The minimum Gasteiger partial charge on any atom is -0.390 e. The van der Waals surface area contributed by atoms with Crippen molar-refractivity contribution in [2.24, 2.45) is 5.41 Å². The van der Waals surface area contributed by atoms with Crippen molar-refractivity contribution in [3.8, 4) is 0 Å². The van der Waals surface area contributed by atoms with E-state index in [-0.39, 0.29) is 19.3 Å². The Morgan fingerprint density at radius 2 is 1.67 bits per heavy atom. The second-order valence-corrected chi connectivity index (χ2v) is 11.3. The summed E-state index contributed by atoms with van der Waals surface area (Å²) in [5.74, 6) is -5.88. The van der Waals surface area contributed by atoms with Gasteiger partial charge in [-0.3, -0.25) is 0 Å². The van der Waals surface area contributed by atoms with Crippen LogP contribution in [-0.4, -0.2) is 36.5 Å². The SMILES string of the molecule is CC(C)(O)CCc1ccc(C23CC(C(F)(F)[C@](O)(Cn4cncn4)c4ccc(F)cc4F)(C2)C3)cc1. The van der Waals surface area contributed by atoms with Gasteiger partial charge in [0.15, 0.2) is 5.60 Å². The van der Waals surface area contributed by atoms with Crippen molar-refractivity contribution >= 4 is 0 Å². The molecule has 0 radical (unpaired) electrons. The van der Waals surface area contributed by atoms with Gasteiger partial charge in [0.2, 0.25) is 0 Å². The van der Waals surface area contributed by atoms with Crippen LogP contribution in [0.25, 0.3) is 0 Å². The van der Waals surface area contributed by atoms with E-state index in [9.17, 15) is 19.0 Å². The number of alkyl halides is 2. The fourth-order valence-corrected chi connectivity index (χ4v) is 6.07. The molecule has 0 aliphatic heterocycles. The van der Waals surface area contributed by atoms with Crippen LogP contribution in [-0.2, 0) is 24.0 Å². The van der Waals surface area contributed by atoms with Crippen LogP contribution in [0, 0.1) is 17.0 Å². The van der Waals surface area contributed by atoms with Gasteiger partial charge in [-0.1, -0.05) is 24.3 Å². The first kappa shape index (κ1) is 24.9. The molecule has 3 aliphatic rings. The molecule has 9 heteroatoms. The molecular formula is C27H29F4N3O2. The van der Waals surface area contributed by atoms with Crippen molar-refractivity contribution in [1.29, 1.82) is 0 Å². The molecule has 0 spiro atoms. The molecule has 1 atom stereocenters. The highest BCUT2D eigenvalue weighted by Gasteiger charge is 2.82. The lowest BCUT2D eigenvalue weighted by atomic mass is 9.30. The zero-order valence-electron chi connectivity index (χ0n) is 20.2. The minimum atomic E-state index is -3.72. The van der Waals surface area contributed by atoms with E-state index in [0.717, 1.165) is 34.3 Å². The Kier molecular flexibility index (Phi) is 5.61. The number of halogens is 4. The molecule has 0 amide bonds. The van der Waals surface area contributed by atoms with Gasteiger partial charge >= 0.3 is 0 Å². The summed E-state index contributed by atoms with van der Waals surface area (Å²) >= 11 is 0. The average molecular weight is 504 g/mol. The van der Waals surface area contributed by atoms with E-state index in [2.05, 4.69) is 10.1 Å². The molecule has 2 aromatic carbocycles. The summed E-state index contributed by atoms with van der Waals surface area (Å²) in [5, 5.41) is 25.2. The lowest BCUT2D eigenvalue weighted by Gasteiger charge is -2.74. The molecule has 3 saturated carbocycles.